The van der Waals surface area contributed by atoms with Crippen LogP contribution in [0.1, 0.15) is 15.9 Å². The van der Waals surface area contributed by atoms with E-state index in [4.69, 9.17) is 39.2 Å². The molecule has 2 aromatic rings. The summed E-state index contributed by atoms with van der Waals surface area (Å²) < 4.78 is 0.632. The largest absolute Gasteiger partial charge is 0.383 e. The van der Waals surface area contributed by atoms with Gasteiger partial charge >= 0.3 is 5.97 Å². The van der Waals surface area contributed by atoms with E-state index in [0.717, 1.165) is 0 Å². The fourth-order valence-corrected chi connectivity index (χ4v) is 2.21. The van der Waals surface area contributed by atoms with Gasteiger partial charge in [-0.3, -0.25) is 5.41 Å². The molecular formula is C13H9BrCl2N4O2. The monoisotopic (exact) mass is 402 g/mol. The normalized spacial score (nSPS) is 10.1. The third-order valence-corrected chi connectivity index (χ3v) is 3.55. The minimum Gasteiger partial charge on any atom is -0.383 e. The number of nitrogens with one attached hydrogen (secondary N) is 2. The number of anilines is 1. The Labute approximate surface area is 144 Å². The molecule has 1 heterocycles. The third-order valence-electron chi connectivity index (χ3n) is 2.55. The summed E-state index contributed by atoms with van der Waals surface area (Å²) >= 11 is 14.9. The van der Waals surface area contributed by atoms with Gasteiger partial charge in [0.05, 0.1) is 16.1 Å². The second kappa shape index (κ2) is 6.95. The van der Waals surface area contributed by atoms with Gasteiger partial charge < -0.3 is 10.6 Å². The number of carbonyl (C=O) groups is 1. The lowest BCUT2D eigenvalue weighted by atomic mass is 10.2. The second-order valence-corrected chi connectivity index (χ2v) is 5.84. The van der Waals surface area contributed by atoms with Crippen molar-refractivity contribution in [2.75, 3.05) is 5.73 Å². The average molecular weight is 404 g/mol. The van der Waals surface area contributed by atoms with E-state index < -0.39 is 5.97 Å². The van der Waals surface area contributed by atoms with Crippen LogP contribution in [0.5, 0.6) is 0 Å². The molecule has 4 N–H and O–H groups in total. The molecule has 1 aromatic heterocycles. The Bertz CT molecular complexity index is 691. The molecule has 0 atom stereocenters. The smallest absolute Gasteiger partial charge is 0.364 e. The number of rotatable bonds is 2. The Balaban J connectivity index is 2.09. The topological polar surface area (TPSA) is 101 Å². The molecule has 114 valence electrons. The van der Waals surface area contributed by atoms with E-state index in [2.05, 4.69) is 26.4 Å². The number of hydrogen-bond donors (Lipinski definition) is 3. The standard InChI is InChI=1S/C13H9BrCl2N4O2/c14-6-3-9(11(17)19-5-6)12(18)20-22-13(21)8-4-7(15)1-2-10(8)16/h1-5H,(H2,17,19)(H2,18,20). The summed E-state index contributed by atoms with van der Waals surface area (Å²) in [7, 11) is 0. The maximum atomic E-state index is 11.9. The van der Waals surface area contributed by atoms with Crippen LogP contribution >= 0.6 is 39.1 Å². The van der Waals surface area contributed by atoms with Crippen molar-refractivity contribution in [3.8, 4) is 0 Å². The number of pyridine rings is 1. The molecule has 9 heteroatoms. The molecule has 0 spiro atoms. The molecule has 0 aliphatic rings. The lowest BCUT2D eigenvalue weighted by molar-refractivity contribution is 0.0386. The van der Waals surface area contributed by atoms with Gasteiger partial charge in [0.25, 0.3) is 0 Å². The molecule has 0 unspecified atom stereocenters. The molecule has 0 saturated carbocycles. The Kier molecular flexibility index (Phi) is 5.23. The van der Waals surface area contributed by atoms with Crippen molar-refractivity contribution < 1.29 is 9.63 Å². The molecule has 0 bridgehead atoms. The fraction of sp³-hybridized carbons (Fsp3) is 0. The van der Waals surface area contributed by atoms with Crippen molar-refractivity contribution in [3.05, 3.63) is 56.1 Å². The first-order valence-corrected chi connectivity index (χ1v) is 7.35. The SMILES string of the molecule is N=C(NOC(=O)c1cc(Cl)ccc1Cl)c1cc(Br)cnc1N. The summed E-state index contributed by atoms with van der Waals surface area (Å²) in [5.41, 5.74) is 8.22. The number of halogens is 3. The molecule has 0 aliphatic carbocycles. The maximum Gasteiger partial charge on any atom is 0.364 e. The molecule has 1 aromatic carbocycles. The van der Waals surface area contributed by atoms with Crippen LogP contribution < -0.4 is 11.2 Å². The van der Waals surface area contributed by atoms with E-state index in [1.807, 2.05) is 0 Å². The average Bonchev–Trinajstić information content (AvgIpc) is 2.49. The quantitative estimate of drug-likeness (QED) is 0.405. The summed E-state index contributed by atoms with van der Waals surface area (Å²) in [6.45, 7) is 0. The summed E-state index contributed by atoms with van der Waals surface area (Å²) in [5.74, 6) is -0.880. The van der Waals surface area contributed by atoms with Crippen molar-refractivity contribution in [2.24, 2.45) is 0 Å². The Morgan fingerprint density at radius 2 is 2.05 bits per heavy atom. The van der Waals surface area contributed by atoms with Crippen molar-refractivity contribution in [3.63, 3.8) is 0 Å². The number of carbonyl (C=O) groups excluding carboxylic acids is 1. The number of amidine groups is 1. The molecule has 6 nitrogen and oxygen atoms in total. The van der Waals surface area contributed by atoms with Crippen LogP contribution in [-0.2, 0) is 4.84 Å². The second-order valence-electron chi connectivity index (χ2n) is 4.08. The first-order chi connectivity index (χ1) is 10.4. The highest BCUT2D eigenvalue weighted by Crippen LogP contribution is 2.21. The highest BCUT2D eigenvalue weighted by Gasteiger charge is 2.15. The van der Waals surface area contributed by atoms with Gasteiger partial charge in [-0.2, -0.15) is 5.48 Å². The highest BCUT2D eigenvalue weighted by atomic mass is 79.9. The summed E-state index contributed by atoms with van der Waals surface area (Å²) in [6, 6.07) is 5.95. The van der Waals surface area contributed by atoms with E-state index in [1.54, 1.807) is 12.1 Å². The van der Waals surface area contributed by atoms with Gasteiger partial charge in [-0.25, -0.2) is 9.78 Å². The summed E-state index contributed by atoms with van der Waals surface area (Å²) in [4.78, 5) is 20.6. The van der Waals surface area contributed by atoms with Crippen LogP contribution in [0, 0.1) is 5.41 Å². The molecule has 0 radical (unpaired) electrons. The Hall–Kier alpha value is -1.83. The van der Waals surface area contributed by atoms with Crippen LogP contribution in [0.4, 0.5) is 5.82 Å². The van der Waals surface area contributed by atoms with Crippen LogP contribution in [0.3, 0.4) is 0 Å². The van der Waals surface area contributed by atoms with E-state index in [0.29, 0.717) is 9.50 Å². The van der Waals surface area contributed by atoms with Crippen LogP contribution in [0.2, 0.25) is 10.0 Å². The van der Waals surface area contributed by atoms with Gasteiger partial charge in [-0.1, -0.05) is 23.2 Å². The number of hydrogen-bond acceptors (Lipinski definition) is 5. The predicted octanol–water partition coefficient (Wildman–Crippen LogP) is 3.42. The van der Waals surface area contributed by atoms with E-state index in [9.17, 15) is 4.79 Å². The first kappa shape index (κ1) is 16.5. The Morgan fingerprint density at radius 1 is 1.32 bits per heavy atom. The lowest BCUT2D eigenvalue weighted by Crippen LogP contribution is -2.28. The van der Waals surface area contributed by atoms with Crippen LogP contribution in [0.15, 0.2) is 34.9 Å². The molecule has 0 saturated heterocycles. The van der Waals surface area contributed by atoms with Crippen LogP contribution in [0.25, 0.3) is 0 Å². The highest BCUT2D eigenvalue weighted by molar-refractivity contribution is 9.10. The van der Waals surface area contributed by atoms with E-state index >= 15 is 0 Å². The maximum absolute atomic E-state index is 11.9. The van der Waals surface area contributed by atoms with Crippen LogP contribution in [-0.4, -0.2) is 16.8 Å². The number of benzene rings is 1. The van der Waals surface area contributed by atoms with E-state index in [1.165, 1.54) is 18.3 Å². The molecule has 2 rings (SSSR count). The number of aromatic nitrogens is 1. The summed E-state index contributed by atoms with van der Waals surface area (Å²) in [6.07, 6.45) is 1.49. The van der Waals surface area contributed by atoms with Crippen molar-refractivity contribution in [2.45, 2.75) is 0 Å². The molecule has 22 heavy (non-hydrogen) atoms. The van der Waals surface area contributed by atoms with Gasteiger partial charge in [0.1, 0.15) is 5.82 Å². The Morgan fingerprint density at radius 3 is 2.77 bits per heavy atom. The zero-order valence-corrected chi connectivity index (χ0v) is 14.0. The predicted molar refractivity (Wildman–Crippen MR) is 88.2 cm³/mol. The van der Waals surface area contributed by atoms with Crippen molar-refractivity contribution in [1.82, 2.24) is 10.5 Å². The van der Waals surface area contributed by atoms with Gasteiger partial charge in [0.15, 0.2) is 5.84 Å². The van der Waals surface area contributed by atoms with E-state index in [-0.39, 0.29) is 27.8 Å². The zero-order valence-electron chi connectivity index (χ0n) is 10.9. The van der Waals surface area contributed by atoms with Crippen molar-refractivity contribution in [1.29, 1.82) is 5.41 Å². The first-order valence-electron chi connectivity index (χ1n) is 5.80. The van der Waals surface area contributed by atoms with Gasteiger partial charge in [0, 0.05) is 15.7 Å². The number of nitrogens with two attached hydrogens (primary N) is 1. The van der Waals surface area contributed by atoms with Gasteiger partial charge in [-0.15, -0.1) is 0 Å². The van der Waals surface area contributed by atoms with Crippen molar-refractivity contribution >= 4 is 56.8 Å². The third kappa shape index (κ3) is 3.88. The number of nitrogens with zero attached hydrogens (tertiary/aromatic N) is 1. The molecule has 0 fully saturated rings. The summed E-state index contributed by atoms with van der Waals surface area (Å²) in [5, 5.41) is 8.36. The minimum atomic E-state index is -0.779. The molecule has 0 amide bonds. The minimum absolute atomic E-state index is 0.0785. The fourth-order valence-electron chi connectivity index (χ4n) is 1.51. The lowest BCUT2D eigenvalue weighted by Gasteiger charge is -2.10. The number of hydroxylamine groups is 1. The molecular weight excluding hydrogens is 395 g/mol. The van der Waals surface area contributed by atoms with Gasteiger partial charge in [-0.05, 0) is 40.2 Å². The zero-order chi connectivity index (χ0) is 16.3. The van der Waals surface area contributed by atoms with Gasteiger partial charge in [0.2, 0.25) is 0 Å². The molecule has 0 aliphatic heterocycles. The number of nitrogen functional groups attached to an aromatic ring is 1.